The Morgan fingerprint density at radius 2 is 1.94 bits per heavy atom. The van der Waals surface area contributed by atoms with Crippen molar-refractivity contribution in [1.29, 1.82) is 5.26 Å². The standard InChI is InChI=1S/C25H22N4O5S/c1-3-13-34-25(31)22-16(2)27-24(20(14-26)23(22)17-7-5-4-6-8-17)35-15-21(30)28-18-9-11-19(12-10-18)29(32)33/h3-12,23,27H,1,13,15H2,2H3,(H,28,30). The molecule has 0 radical (unpaired) electrons. The number of nitrogens with one attached hydrogen (secondary N) is 2. The number of ether oxygens (including phenoxy) is 1. The molecule has 0 bridgehead atoms. The largest absolute Gasteiger partial charge is 0.458 e. The van der Waals surface area contributed by atoms with Gasteiger partial charge in [-0.1, -0.05) is 54.7 Å². The summed E-state index contributed by atoms with van der Waals surface area (Å²) in [6, 6.07) is 16.8. The van der Waals surface area contributed by atoms with Crippen molar-refractivity contribution in [3.05, 3.63) is 105 Å². The quantitative estimate of drug-likeness (QED) is 0.229. The number of nitriles is 1. The van der Waals surface area contributed by atoms with Gasteiger partial charge in [-0.3, -0.25) is 14.9 Å². The number of allylic oxidation sites excluding steroid dienone is 2. The Balaban J connectivity index is 1.83. The second-order valence-corrected chi connectivity index (χ2v) is 8.38. The van der Waals surface area contributed by atoms with E-state index in [9.17, 15) is 25.0 Å². The highest BCUT2D eigenvalue weighted by Crippen LogP contribution is 2.40. The van der Waals surface area contributed by atoms with Gasteiger partial charge in [-0.25, -0.2) is 4.79 Å². The summed E-state index contributed by atoms with van der Waals surface area (Å²) in [6.45, 7) is 5.31. The smallest absolute Gasteiger partial charge is 0.337 e. The van der Waals surface area contributed by atoms with Crippen LogP contribution in [0, 0.1) is 21.4 Å². The summed E-state index contributed by atoms with van der Waals surface area (Å²) in [4.78, 5) is 35.6. The molecule has 3 rings (SSSR count). The second kappa shape index (κ2) is 11.7. The third-order valence-corrected chi connectivity index (χ3v) is 6.06. The van der Waals surface area contributed by atoms with Crippen LogP contribution < -0.4 is 10.6 Å². The van der Waals surface area contributed by atoms with Crippen LogP contribution in [0.25, 0.3) is 0 Å². The van der Waals surface area contributed by atoms with E-state index >= 15 is 0 Å². The van der Waals surface area contributed by atoms with Gasteiger partial charge in [0.05, 0.1) is 38.8 Å². The van der Waals surface area contributed by atoms with Crippen LogP contribution in [-0.4, -0.2) is 29.2 Å². The van der Waals surface area contributed by atoms with Gasteiger partial charge in [-0.2, -0.15) is 5.26 Å². The van der Waals surface area contributed by atoms with Crippen LogP contribution >= 0.6 is 11.8 Å². The summed E-state index contributed by atoms with van der Waals surface area (Å²) < 4.78 is 5.27. The van der Waals surface area contributed by atoms with Crippen molar-refractivity contribution in [1.82, 2.24) is 5.32 Å². The van der Waals surface area contributed by atoms with Crippen LogP contribution in [0.15, 0.2) is 89.1 Å². The predicted molar refractivity (Wildman–Crippen MR) is 133 cm³/mol. The normalized spacial score (nSPS) is 15.0. The first-order valence-corrected chi connectivity index (χ1v) is 11.5. The van der Waals surface area contributed by atoms with Crippen molar-refractivity contribution in [2.24, 2.45) is 0 Å². The van der Waals surface area contributed by atoms with Crippen molar-refractivity contribution in [2.45, 2.75) is 12.8 Å². The van der Waals surface area contributed by atoms with Crippen LogP contribution in [0.4, 0.5) is 11.4 Å². The van der Waals surface area contributed by atoms with E-state index in [1.165, 1.54) is 30.3 Å². The minimum atomic E-state index is -0.667. The Morgan fingerprint density at radius 1 is 1.26 bits per heavy atom. The van der Waals surface area contributed by atoms with Crippen molar-refractivity contribution in [2.75, 3.05) is 17.7 Å². The van der Waals surface area contributed by atoms with Gasteiger partial charge in [0.2, 0.25) is 5.91 Å². The third kappa shape index (κ3) is 6.16. The summed E-state index contributed by atoms with van der Waals surface area (Å²) in [7, 11) is 0. The molecule has 178 valence electrons. The zero-order chi connectivity index (χ0) is 25.4. The zero-order valence-corrected chi connectivity index (χ0v) is 19.6. The maximum absolute atomic E-state index is 12.8. The lowest BCUT2D eigenvalue weighted by Crippen LogP contribution is -2.29. The molecule has 1 amide bonds. The minimum Gasteiger partial charge on any atom is -0.458 e. The molecule has 0 fully saturated rings. The van der Waals surface area contributed by atoms with Crippen molar-refractivity contribution < 1.29 is 19.2 Å². The predicted octanol–water partition coefficient (Wildman–Crippen LogP) is 4.39. The SMILES string of the molecule is C=CCOC(=O)C1=C(C)NC(SCC(=O)Nc2ccc([N+](=O)[O-])cc2)=C(C#N)C1c1ccccc1. The molecule has 10 heteroatoms. The van der Waals surface area contributed by atoms with E-state index in [-0.39, 0.29) is 24.0 Å². The summed E-state index contributed by atoms with van der Waals surface area (Å²) in [5.41, 5.74) is 2.20. The summed E-state index contributed by atoms with van der Waals surface area (Å²) in [6.07, 6.45) is 1.47. The number of hydrogen-bond donors (Lipinski definition) is 2. The number of anilines is 1. The number of benzene rings is 2. The molecule has 2 aromatic carbocycles. The summed E-state index contributed by atoms with van der Waals surface area (Å²) in [5, 5.41) is 27.0. The van der Waals surface area contributed by atoms with Gasteiger partial charge in [-0.15, -0.1) is 0 Å². The van der Waals surface area contributed by atoms with E-state index in [1.54, 1.807) is 6.92 Å². The Morgan fingerprint density at radius 3 is 2.54 bits per heavy atom. The lowest BCUT2D eigenvalue weighted by Gasteiger charge is -2.29. The molecule has 1 atom stereocenters. The van der Waals surface area contributed by atoms with Crippen molar-refractivity contribution in [3.63, 3.8) is 0 Å². The number of thioether (sulfide) groups is 1. The third-order valence-electron chi connectivity index (χ3n) is 5.04. The Hall–Kier alpha value is -4.36. The fourth-order valence-electron chi connectivity index (χ4n) is 3.49. The van der Waals surface area contributed by atoms with Crippen LogP contribution in [-0.2, 0) is 14.3 Å². The number of nitrogens with zero attached hydrogens (tertiary/aromatic N) is 2. The number of hydrogen-bond acceptors (Lipinski definition) is 8. The van der Waals surface area contributed by atoms with Gasteiger partial charge >= 0.3 is 5.97 Å². The number of dihydropyridines is 1. The molecule has 2 N–H and O–H groups in total. The zero-order valence-electron chi connectivity index (χ0n) is 18.8. The average Bonchev–Trinajstić information content (AvgIpc) is 2.86. The van der Waals surface area contributed by atoms with E-state index in [4.69, 9.17) is 4.74 Å². The minimum absolute atomic E-state index is 0.0322. The molecule has 0 saturated carbocycles. The first kappa shape index (κ1) is 25.3. The lowest BCUT2D eigenvalue weighted by molar-refractivity contribution is -0.384. The van der Waals surface area contributed by atoms with Gasteiger partial charge in [0.15, 0.2) is 0 Å². The van der Waals surface area contributed by atoms with E-state index < -0.39 is 16.8 Å². The fraction of sp³-hybridized carbons (Fsp3) is 0.160. The number of carbonyl (C=O) groups excluding carboxylic acids is 2. The average molecular weight is 491 g/mol. The van der Waals surface area contributed by atoms with Crippen molar-refractivity contribution in [3.8, 4) is 6.07 Å². The molecule has 0 aromatic heterocycles. The number of non-ortho nitro benzene ring substituents is 1. The lowest BCUT2D eigenvalue weighted by atomic mass is 9.82. The first-order valence-electron chi connectivity index (χ1n) is 10.5. The topological polar surface area (TPSA) is 134 Å². The van der Waals surface area contributed by atoms with Crippen LogP contribution in [0.5, 0.6) is 0 Å². The Bertz CT molecular complexity index is 1250. The fourth-order valence-corrected chi connectivity index (χ4v) is 4.38. The Kier molecular flexibility index (Phi) is 8.43. The molecule has 9 nitrogen and oxygen atoms in total. The van der Waals surface area contributed by atoms with Gasteiger partial charge in [0.1, 0.15) is 6.61 Å². The first-order chi connectivity index (χ1) is 16.8. The van der Waals surface area contributed by atoms with E-state index in [2.05, 4.69) is 23.3 Å². The van der Waals surface area contributed by atoms with Crippen LogP contribution in [0.1, 0.15) is 18.4 Å². The highest BCUT2D eigenvalue weighted by molar-refractivity contribution is 8.03. The molecule has 2 aromatic rings. The highest BCUT2D eigenvalue weighted by Gasteiger charge is 2.35. The molecular weight excluding hydrogens is 468 g/mol. The Labute approximate surface area is 206 Å². The molecule has 1 heterocycles. The van der Waals surface area contributed by atoms with Crippen LogP contribution in [0.2, 0.25) is 0 Å². The summed E-state index contributed by atoms with van der Waals surface area (Å²) in [5.74, 6) is -1.61. The molecule has 0 saturated heterocycles. The number of nitro groups is 1. The number of nitro benzene ring substituents is 1. The maximum atomic E-state index is 12.8. The molecule has 1 unspecified atom stereocenters. The van der Waals surface area contributed by atoms with E-state index in [1.807, 2.05) is 30.3 Å². The van der Waals surface area contributed by atoms with Crippen LogP contribution in [0.3, 0.4) is 0 Å². The molecule has 1 aliphatic rings. The second-order valence-electron chi connectivity index (χ2n) is 7.39. The monoisotopic (exact) mass is 490 g/mol. The molecular formula is C25H22N4O5S. The molecule has 0 spiro atoms. The number of carbonyl (C=O) groups is 2. The number of rotatable bonds is 9. The van der Waals surface area contributed by atoms with Crippen molar-refractivity contribution >= 4 is 35.0 Å². The number of esters is 1. The molecule has 1 aliphatic heterocycles. The van der Waals surface area contributed by atoms with Gasteiger partial charge in [0.25, 0.3) is 5.69 Å². The van der Waals surface area contributed by atoms with E-state index in [0.717, 1.165) is 17.3 Å². The van der Waals surface area contributed by atoms with Gasteiger partial charge in [0, 0.05) is 23.5 Å². The van der Waals surface area contributed by atoms with Gasteiger partial charge in [-0.05, 0) is 24.6 Å². The maximum Gasteiger partial charge on any atom is 0.337 e. The highest BCUT2D eigenvalue weighted by atomic mass is 32.2. The summed E-state index contributed by atoms with van der Waals surface area (Å²) >= 11 is 1.12. The number of amides is 1. The molecule has 0 aliphatic carbocycles. The van der Waals surface area contributed by atoms with Gasteiger partial charge < -0.3 is 15.4 Å². The van der Waals surface area contributed by atoms with E-state index in [0.29, 0.717) is 27.6 Å². The molecule has 35 heavy (non-hydrogen) atoms.